The number of hydrogen-bond donors (Lipinski definition) is 1. The van der Waals surface area contributed by atoms with Crippen LogP contribution in [0.15, 0.2) is 30.3 Å². The molecule has 0 aliphatic carbocycles. The molecule has 0 atom stereocenters. The molecule has 12 heavy (non-hydrogen) atoms. The summed E-state index contributed by atoms with van der Waals surface area (Å²) in [5, 5.41) is 8.36. The van der Waals surface area contributed by atoms with E-state index >= 15 is 0 Å². The molecule has 0 saturated carbocycles. The van der Waals surface area contributed by atoms with Crippen molar-refractivity contribution in [2.75, 3.05) is 0 Å². The van der Waals surface area contributed by atoms with E-state index in [4.69, 9.17) is 5.11 Å². The van der Waals surface area contributed by atoms with E-state index in [9.17, 15) is 4.79 Å². The Kier molecular flexibility index (Phi) is 3.36. The molecule has 3 heteroatoms. The van der Waals surface area contributed by atoms with Crippen LogP contribution in [0.5, 0.6) is 0 Å². The van der Waals surface area contributed by atoms with E-state index in [0.29, 0.717) is 0 Å². The standard InChI is InChI=1S/C9H7O2.Sb/c10-9(11)7-6-8-4-2-1-3-5-8;/h1-2,4-7H,(H,10,11);/b7-6-;. The van der Waals surface area contributed by atoms with Gasteiger partial charge in [-0.15, -0.1) is 0 Å². The van der Waals surface area contributed by atoms with Gasteiger partial charge in [-0.3, -0.25) is 0 Å². The van der Waals surface area contributed by atoms with Crippen molar-refractivity contribution in [1.29, 1.82) is 0 Å². The van der Waals surface area contributed by atoms with Crippen molar-refractivity contribution in [3.05, 3.63) is 35.9 Å². The molecule has 1 aromatic rings. The number of carbonyl (C=O) groups is 1. The fourth-order valence-electron chi connectivity index (χ4n) is 0.796. The van der Waals surface area contributed by atoms with E-state index in [1.807, 2.05) is 24.3 Å². The zero-order chi connectivity index (χ0) is 8.97. The Hall–Kier alpha value is -0.752. The Labute approximate surface area is 84.4 Å². The molecule has 0 spiro atoms. The average Bonchev–Trinajstić information content (AvgIpc) is 2.01. The molecule has 1 N–H and O–H groups in total. The van der Waals surface area contributed by atoms with Gasteiger partial charge in [-0.05, 0) is 0 Å². The first-order chi connectivity index (χ1) is 5.68. The summed E-state index contributed by atoms with van der Waals surface area (Å²) >= 11 is 1.62. The molecule has 1 rings (SSSR count). The van der Waals surface area contributed by atoms with Gasteiger partial charge in [0.1, 0.15) is 0 Å². The van der Waals surface area contributed by atoms with Crippen molar-refractivity contribution >= 4 is 38.6 Å². The molecule has 2 radical (unpaired) electrons. The van der Waals surface area contributed by atoms with Crippen LogP contribution >= 0.6 is 0 Å². The van der Waals surface area contributed by atoms with Crippen molar-refractivity contribution in [2.45, 2.75) is 0 Å². The van der Waals surface area contributed by atoms with Crippen LogP contribution in [-0.2, 0) is 4.79 Å². The average molecular weight is 269 g/mol. The van der Waals surface area contributed by atoms with Gasteiger partial charge in [-0.1, -0.05) is 0 Å². The second kappa shape index (κ2) is 4.32. The van der Waals surface area contributed by atoms with Crippen LogP contribution in [0.2, 0.25) is 0 Å². The quantitative estimate of drug-likeness (QED) is 0.629. The Morgan fingerprint density at radius 2 is 2.25 bits per heavy atom. The first-order valence-corrected chi connectivity index (χ1v) is 4.66. The molecule has 1 aromatic carbocycles. The van der Waals surface area contributed by atoms with E-state index < -0.39 is 5.97 Å². The van der Waals surface area contributed by atoms with Gasteiger partial charge in [0.15, 0.2) is 0 Å². The Balaban J connectivity index is 2.83. The number of aliphatic carboxylic acids is 1. The number of carboxylic acids is 1. The number of hydrogen-bond acceptors (Lipinski definition) is 1. The molecule has 0 unspecified atom stereocenters. The molecule has 0 bridgehead atoms. The molecule has 0 amide bonds. The summed E-state index contributed by atoms with van der Waals surface area (Å²) < 4.78 is 1.18. The summed E-state index contributed by atoms with van der Waals surface area (Å²) in [6, 6.07) is 7.73. The first-order valence-electron chi connectivity index (χ1n) is 3.38. The minimum atomic E-state index is -0.916. The van der Waals surface area contributed by atoms with Gasteiger partial charge in [0.25, 0.3) is 0 Å². The third kappa shape index (κ3) is 3.10. The van der Waals surface area contributed by atoms with Crippen LogP contribution in [0.3, 0.4) is 0 Å². The summed E-state index contributed by atoms with van der Waals surface area (Å²) in [5.41, 5.74) is 0.927. The topological polar surface area (TPSA) is 37.3 Å². The van der Waals surface area contributed by atoms with Gasteiger partial charge in [0.05, 0.1) is 0 Å². The molecule has 0 aromatic heterocycles. The molecular formula is C9H7O2Sb. The molecule has 0 aliphatic rings. The normalized spacial score (nSPS) is 10.4. The maximum absolute atomic E-state index is 10.2. The summed E-state index contributed by atoms with van der Waals surface area (Å²) in [6.07, 6.45) is 2.73. The fourth-order valence-corrected chi connectivity index (χ4v) is 1.47. The zero-order valence-electron chi connectivity index (χ0n) is 6.27. The molecule has 0 saturated heterocycles. The van der Waals surface area contributed by atoms with Crippen molar-refractivity contribution in [3.8, 4) is 0 Å². The molecule has 60 valence electrons. The van der Waals surface area contributed by atoms with E-state index in [0.717, 1.165) is 11.6 Å². The number of carboxylic acid groups (broad SMARTS) is 1. The van der Waals surface area contributed by atoms with Crippen LogP contribution < -0.4 is 3.51 Å². The van der Waals surface area contributed by atoms with Gasteiger partial charge in [-0.25, -0.2) is 0 Å². The molecular weight excluding hydrogens is 262 g/mol. The Bertz CT molecular complexity index is 318. The van der Waals surface area contributed by atoms with Crippen molar-refractivity contribution in [3.63, 3.8) is 0 Å². The van der Waals surface area contributed by atoms with Gasteiger partial charge >= 0.3 is 84.4 Å². The van der Waals surface area contributed by atoms with Crippen LogP contribution in [0.4, 0.5) is 0 Å². The zero-order valence-corrected chi connectivity index (χ0v) is 8.82. The van der Waals surface area contributed by atoms with Crippen LogP contribution in [0, 0.1) is 0 Å². The predicted molar refractivity (Wildman–Crippen MR) is 48.5 cm³/mol. The summed E-state index contributed by atoms with van der Waals surface area (Å²) in [4.78, 5) is 10.2. The van der Waals surface area contributed by atoms with Gasteiger partial charge in [0.2, 0.25) is 0 Å². The van der Waals surface area contributed by atoms with Gasteiger partial charge in [0, 0.05) is 0 Å². The van der Waals surface area contributed by atoms with Gasteiger partial charge in [-0.2, -0.15) is 0 Å². The first kappa shape index (κ1) is 9.34. The molecule has 2 nitrogen and oxygen atoms in total. The maximum atomic E-state index is 10.2. The van der Waals surface area contributed by atoms with Crippen LogP contribution in [0.1, 0.15) is 5.56 Å². The SMILES string of the molecule is O=C(O)/C=C\c1ccc[c]([Sb])c1. The van der Waals surface area contributed by atoms with Crippen LogP contribution in [-0.4, -0.2) is 34.1 Å². The van der Waals surface area contributed by atoms with Crippen molar-refractivity contribution < 1.29 is 9.90 Å². The van der Waals surface area contributed by atoms with E-state index in [1.54, 1.807) is 29.1 Å². The monoisotopic (exact) mass is 268 g/mol. The van der Waals surface area contributed by atoms with Gasteiger partial charge < -0.3 is 0 Å². The molecule has 0 heterocycles. The summed E-state index contributed by atoms with van der Waals surface area (Å²) in [6.45, 7) is 0. The Morgan fingerprint density at radius 3 is 2.83 bits per heavy atom. The molecule has 0 aliphatic heterocycles. The third-order valence-electron chi connectivity index (χ3n) is 1.29. The third-order valence-corrected chi connectivity index (χ3v) is 2.08. The minimum absolute atomic E-state index is 0.916. The fraction of sp³-hybridized carbons (Fsp3) is 0. The Morgan fingerprint density at radius 1 is 1.50 bits per heavy atom. The second-order valence-electron chi connectivity index (χ2n) is 2.27. The van der Waals surface area contributed by atoms with Crippen molar-refractivity contribution in [1.82, 2.24) is 0 Å². The molecule has 0 fully saturated rings. The van der Waals surface area contributed by atoms with Crippen molar-refractivity contribution in [2.24, 2.45) is 0 Å². The van der Waals surface area contributed by atoms with E-state index in [1.165, 1.54) is 3.51 Å². The van der Waals surface area contributed by atoms with E-state index in [2.05, 4.69) is 0 Å². The predicted octanol–water partition coefficient (Wildman–Crippen LogP) is 0.578. The summed E-state index contributed by atoms with van der Waals surface area (Å²) in [7, 11) is 0. The van der Waals surface area contributed by atoms with Crippen LogP contribution in [0.25, 0.3) is 6.08 Å². The summed E-state index contributed by atoms with van der Waals surface area (Å²) in [5.74, 6) is -0.916. The number of benzene rings is 1. The van der Waals surface area contributed by atoms with E-state index in [-0.39, 0.29) is 0 Å². The second-order valence-corrected chi connectivity index (χ2v) is 3.74. The number of rotatable bonds is 2.